The van der Waals surface area contributed by atoms with Gasteiger partial charge in [0.25, 0.3) is 0 Å². The van der Waals surface area contributed by atoms with Crippen LogP contribution in [0.4, 0.5) is 0 Å². The van der Waals surface area contributed by atoms with E-state index in [-0.39, 0.29) is 0 Å². The van der Waals surface area contributed by atoms with Crippen LogP contribution in [-0.2, 0) is 17.9 Å². The highest BCUT2D eigenvalue weighted by molar-refractivity contribution is 5.22. The van der Waals surface area contributed by atoms with E-state index in [2.05, 4.69) is 36.5 Å². The Labute approximate surface area is 104 Å². The third kappa shape index (κ3) is 3.55. The normalized spacial score (nSPS) is 17.8. The van der Waals surface area contributed by atoms with Crippen LogP contribution in [0.2, 0.25) is 0 Å². The Morgan fingerprint density at radius 1 is 1.29 bits per heavy atom. The van der Waals surface area contributed by atoms with Crippen LogP contribution in [-0.4, -0.2) is 13.7 Å². The minimum Gasteiger partial charge on any atom is -0.380 e. The zero-order chi connectivity index (χ0) is 12.1. The van der Waals surface area contributed by atoms with E-state index in [4.69, 9.17) is 4.74 Å². The highest BCUT2D eigenvalue weighted by atomic mass is 16.5. The van der Waals surface area contributed by atoms with Crippen molar-refractivity contribution < 1.29 is 4.74 Å². The zero-order valence-electron chi connectivity index (χ0n) is 11.0. The van der Waals surface area contributed by atoms with Crippen molar-refractivity contribution in [3.8, 4) is 0 Å². The van der Waals surface area contributed by atoms with Crippen molar-refractivity contribution in [3.63, 3.8) is 0 Å². The number of hydrogen-bond acceptors (Lipinski definition) is 2. The Hall–Kier alpha value is -0.860. The van der Waals surface area contributed by atoms with Gasteiger partial charge in [-0.05, 0) is 29.4 Å². The van der Waals surface area contributed by atoms with Gasteiger partial charge in [-0.1, -0.05) is 37.6 Å². The van der Waals surface area contributed by atoms with Gasteiger partial charge in [-0.3, -0.25) is 0 Å². The molecule has 1 saturated carbocycles. The molecule has 0 spiro atoms. The SMILES string of the molecule is COCc1cccc(CNCC2(C)CCC2)c1. The fourth-order valence-electron chi connectivity index (χ4n) is 2.46. The summed E-state index contributed by atoms with van der Waals surface area (Å²) in [5.74, 6) is 0. The second-order valence-corrected chi connectivity index (χ2v) is 5.52. The Kier molecular flexibility index (Phi) is 4.19. The van der Waals surface area contributed by atoms with Gasteiger partial charge in [0.05, 0.1) is 6.61 Å². The molecular weight excluding hydrogens is 210 g/mol. The first kappa shape index (κ1) is 12.6. The lowest BCUT2D eigenvalue weighted by Gasteiger charge is -2.38. The number of nitrogens with one attached hydrogen (secondary N) is 1. The third-order valence-electron chi connectivity index (χ3n) is 3.74. The summed E-state index contributed by atoms with van der Waals surface area (Å²) in [6, 6.07) is 8.62. The average molecular weight is 233 g/mol. The van der Waals surface area contributed by atoms with Gasteiger partial charge in [-0.15, -0.1) is 0 Å². The van der Waals surface area contributed by atoms with E-state index in [1.165, 1.54) is 30.4 Å². The van der Waals surface area contributed by atoms with Crippen molar-refractivity contribution in [2.75, 3.05) is 13.7 Å². The molecule has 0 heterocycles. The molecule has 1 aliphatic carbocycles. The molecule has 1 fully saturated rings. The molecule has 0 atom stereocenters. The quantitative estimate of drug-likeness (QED) is 0.815. The first-order valence-electron chi connectivity index (χ1n) is 6.49. The molecule has 0 aliphatic heterocycles. The smallest absolute Gasteiger partial charge is 0.0713 e. The number of rotatable bonds is 6. The molecule has 94 valence electrons. The molecule has 2 rings (SSSR count). The molecule has 2 heteroatoms. The van der Waals surface area contributed by atoms with Crippen molar-refractivity contribution >= 4 is 0 Å². The van der Waals surface area contributed by atoms with Gasteiger partial charge in [0, 0.05) is 20.2 Å². The number of ether oxygens (including phenoxy) is 1. The molecule has 0 saturated heterocycles. The fourth-order valence-corrected chi connectivity index (χ4v) is 2.46. The van der Waals surface area contributed by atoms with Crippen LogP contribution < -0.4 is 5.32 Å². The van der Waals surface area contributed by atoms with E-state index in [9.17, 15) is 0 Å². The summed E-state index contributed by atoms with van der Waals surface area (Å²) >= 11 is 0. The van der Waals surface area contributed by atoms with Crippen LogP contribution in [0.3, 0.4) is 0 Å². The second kappa shape index (κ2) is 5.65. The van der Waals surface area contributed by atoms with E-state index in [1.54, 1.807) is 7.11 Å². The van der Waals surface area contributed by atoms with E-state index in [0.29, 0.717) is 12.0 Å². The first-order chi connectivity index (χ1) is 8.22. The Morgan fingerprint density at radius 2 is 2.06 bits per heavy atom. The second-order valence-electron chi connectivity index (χ2n) is 5.52. The average Bonchev–Trinajstić information content (AvgIpc) is 2.28. The monoisotopic (exact) mass is 233 g/mol. The molecule has 0 amide bonds. The van der Waals surface area contributed by atoms with Crippen molar-refractivity contribution in [1.82, 2.24) is 5.32 Å². The summed E-state index contributed by atoms with van der Waals surface area (Å²) < 4.78 is 5.15. The van der Waals surface area contributed by atoms with Crippen LogP contribution in [0.15, 0.2) is 24.3 Å². The Bertz CT molecular complexity index is 358. The summed E-state index contributed by atoms with van der Waals surface area (Å²) in [5, 5.41) is 3.57. The van der Waals surface area contributed by atoms with E-state index in [1.807, 2.05) is 0 Å². The van der Waals surface area contributed by atoms with Gasteiger partial charge in [0.15, 0.2) is 0 Å². The zero-order valence-corrected chi connectivity index (χ0v) is 11.0. The number of hydrogen-bond donors (Lipinski definition) is 1. The lowest BCUT2D eigenvalue weighted by atomic mass is 9.70. The van der Waals surface area contributed by atoms with Gasteiger partial charge >= 0.3 is 0 Å². The van der Waals surface area contributed by atoms with Crippen molar-refractivity contribution in [2.24, 2.45) is 5.41 Å². The summed E-state index contributed by atoms with van der Waals surface area (Å²) in [6.45, 7) is 5.19. The molecule has 0 aromatic heterocycles. The molecule has 0 unspecified atom stereocenters. The summed E-state index contributed by atoms with van der Waals surface area (Å²) in [7, 11) is 1.74. The highest BCUT2D eigenvalue weighted by Gasteiger charge is 2.30. The molecule has 0 radical (unpaired) electrons. The van der Waals surface area contributed by atoms with Crippen LogP contribution in [0.5, 0.6) is 0 Å². The van der Waals surface area contributed by atoms with E-state index >= 15 is 0 Å². The lowest BCUT2D eigenvalue weighted by Crippen LogP contribution is -2.36. The van der Waals surface area contributed by atoms with E-state index in [0.717, 1.165) is 13.1 Å². The minimum atomic E-state index is 0.560. The molecule has 1 aromatic rings. The molecule has 17 heavy (non-hydrogen) atoms. The first-order valence-corrected chi connectivity index (χ1v) is 6.49. The van der Waals surface area contributed by atoms with Crippen molar-refractivity contribution in [1.29, 1.82) is 0 Å². The lowest BCUT2D eigenvalue weighted by molar-refractivity contribution is 0.156. The number of benzene rings is 1. The maximum absolute atomic E-state index is 5.15. The maximum atomic E-state index is 5.15. The maximum Gasteiger partial charge on any atom is 0.0713 e. The summed E-state index contributed by atoms with van der Waals surface area (Å²) in [5.41, 5.74) is 3.16. The molecule has 2 nitrogen and oxygen atoms in total. The predicted octanol–water partition coefficient (Wildman–Crippen LogP) is 3.11. The Balaban J connectivity index is 1.79. The van der Waals surface area contributed by atoms with Crippen molar-refractivity contribution in [2.45, 2.75) is 39.3 Å². The summed E-state index contributed by atoms with van der Waals surface area (Å²) in [4.78, 5) is 0. The standard InChI is InChI=1S/C15H23NO/c1-15(7-4-8-15)12-16-10-13-5-3-6-14(9-13)11-17-2/h3,5-6,9,16H,4,7-8,10-12H2,1-2H3. The Morgan fingerprint density at radius 3 is 2.71 bits per heavy atom. The molecular formula is C15H23NO. The van der Waals surface area contributed by atoms with Gasteiger partial charge in [-0.25, -0.2) is 0 Å². The van der Waals surface area contributed by atoms with Crippen LogP contribution in [0, 0.1) is 5.41 Å². The molecule has 0 bridgehead atoms. The minimum absolute atomic E-state index is 0.560. The van der Waals surface area contributed by atoms with Gasteiger partial charge in [-0.2, -0.15) is 0 Å². The fraction of sp³-hybridized carbons (Fsp3) is 0.600. The third-order valence-corrected chi connectivity index (χ3v) is 3.74. The van der Waals surface area contributed by atoms with Crippen LogP contribution in [0.1, 0.15) is 37.3 Å². The highest BCUT2D eigenvalue weighted by Crippen LogP contribution is 2.39. The molecule has 1 aliphatic rings. The van der Waals surface area contributed by atoms with Crippen LogP contribution >= 0.6 is 0 Å². The molecule has 1 aromatic carbocycles. The van der Waals surface area contributed by atoms with Crippen molar-refractivity contribution in [3.05, 3.63) is 35.4 Å². The van der Waals surface area contributed by atoms with Gasteiger partial charge in [0.1, 0.15) is 0 Å². The van der Waals surface area contributed by atoms with Gasteiger partial charge in [0.2, 0.25) is 0 Å². The van der Waals surface area contributed by atoms with Crippen LogP contribution in [0.25, 0.3) is 0 Å². The largest absolute Gasteiger partial charge is 0.380 e. The van der Waals surface area contributed by atoms with Gasteiger partial charge < -0.3 is 10.1 Å². The van der Waals surface area contributed by atoms with E-state index < -0.39 is 0 Å². The number of methoxy groups -OCH3 is 1. The topological polar surface area (TPSA) is 21.3 Å². The molecule has 1 N–H and O–H groups in total. The summed E-state index contributed by atoms with van der Waals surface area (Å²) in [6.07, 6.45) is 4.16. The predicted molar refractivity (Wildman–Crippen MR) is 70.8 cm³/mol.